The molecule has 1 N–H and O–H groups in total. The molecule has 70 valence electrons. The zero-order valence-corrected chi connectivity index (χ0v) is 7.56. The van der Waals surface area contributed by atoms with Crippen molar-refractivity contribution < 1.29 is 9.84 Å². The Hall–Kier alpha value is -2.04. The summed E-state index contributed by atoms with van der Waals surface area (Å²) in [6.07, 6.45) is -1.20. The lowest BCUT2D eigenvalue weighted by atomic mass is 10.1. The van der Waals surface area contributed by atoms with Gasteiger partial charge in [0.1, 0.15) is 11.8 Å². The minimum atomic E-state index is -1.20. The summed E-state index contributed by atoms with van der Waals surface area (Å²) in [6.45, 7) is 0. The Labute approximate surface area is 81.6 Å². The largest absolute Gasteiger partial charge is 0.495 e. The van der Waals surface area contributed by atoms with Crippen LogP contribution in [0.5, 0.6) is 5.75 Å². The van der Waals surface area contributed by atoms with E-state index < -0.39 is 6.10 Å². The molecule has 1 atom stereocenters. The second-order valence-corrected chi connectivity index (χ2v) is 2.60. The molecule has 0 aliphatic rings. The minimum absolute atomic E-state index is 0.305. The predicted octanol–water partition coefficient (Wildman–Crippen LogP) is 1.12. The summed E-state index contributed by atoms with van der Waals surface area (Å²) in [7, 11) is 1.45. The normalized spacial score (nSPS) is 11.1. The van der Waals surface area contributed by atoms with E-state index >= 15 is 0 Å². The SMILES string of the molecule is COc1ccc(C(O)C#N)cc1C#N. The number of hydrogen-bond donors (Lipinski definition) is 1. The molecule has 0 radical (unpaired) electrons. The van der Waals surface area contributed by atoms with Crippen LogP contribution >= 0.6 is 0 Å². The molecule has 0 saturated heterocycles. The highest BCUT2D eigenvalue weighted by Crippen LogP contribution is 2.22. The van der Waals surface area contributed by atoms with Crippen molar-refractivity contribution in [1.82, 2.24) is 0 Å². The summed E-state index contributed by atoms with van der Waals surface area (Å²) in [4.78, 5) is 0. The van der Waals surface area contributed by atoms with E-state index in [1.54, 1.807) is 18.2 Å². The van der Waals surface area contributed by atoms with Gasteiger partial charge < -0.3 is 9.84 Å². The lowest BCUT2D eigenvalue weighted by molar-refractivity contribution is 0.236. The monoisotopic (exact) mass is 188 g/mol. The zero-order valence-electron chi connectivity index (χ0n) is 7.56. The van der Waals surface area contributed by atoms with E-state index in [0.717, 1.165) is 0 Å². The Balaban J connectivity index is 3.17. The van der Waals surface area contributed by atoms with E-state index in [1.807, 2.05) is 6.07 Å². The van der Waals surface area contributed by atoms with Gasteiger partial charge in [-0.25, -0.2) is 0 Å². The predicted molar refractivity (Wildman–Crippen MR) is 48.3 cm³/mol. The first kappa shape index (κ1) is 10.0. The van der Waals surface area contributed by atoms with E-state index in [0.29, 0.717) is 16.9 Å². The Morgan fingerprint density at radius 2 is 2.14 bits per heavy atom. The topological polar surface area (TPSA) is 77.0 Å². The van der Waals surface area contributed by atoms with Crippen molar-refractivity contribution >= 4 is 0 Å². The molecular formula is C10H8N2O2. The number of aliphatic hydroxyl groups excluding tert-OH is 1. The number of nitriles is 2. The van der Waals surface area contributed by atoms with Crippen molar-refractivity contribution in [2.24, 2.45) is 0 Å². The molecule has 14 heavy (non-hydrogen) atoms. The first-order chi connectivity index (χ1) is 6.72. The molecular weight excluding hydrogens is 180 g/mol. The van der Waals surface area contributed by atoms with Crippen LogP contribution in [0.2, 0.25) is 0 Å². The molecule has 1 aromatic rings. The Bertz CT molecular complexity index is 415. The maximum atomic E-state index is 9.20. The molecule has 0 aliphatic carbocycles. The Kier molecular flexibility index (Phi) is 3.06. The van der Waals surface area contributed by atoms with Crippen LogP contribution in [0.15, 0.2) is 18.2 Å². The standard InChI is InChI=1S/C10H8N2O2/c1-14-10-3-2-7(9(13)6-12)4-8(10)5-11/h2-4,9,13H,1H3. The molecule has 1 aromatic carbocycles. The Morgan fingerprint density at radius 1 is 1.43 bits per heavy atom. The number of rotatable bonds is 2. The number of benzene rings is 1. The van der Waals surface area contributed by atoms with Crippen molar-refractivity contribution in [3.63, 3.8) is 0 Å². The summed E-state index contributed by atoms with van der Waals surface area (Å²) < 4.78 is 4.92. The average Bonchev–Trinajstić information content (AvgIpc) is 2.26. The quantitative estimate of drug-likeness (QED) is 0.705. The van der Waals surface area contributed by atoms with Crippen LogP contribution in [0.4, 0.5) is 0 Å². The summed E-state index contributed by atoms with van der Waals surface area (Å²) in [5, 5.41) is 26.4. The zero-order chi connectivity index (χ0) is 10.6. The Morgan fingerprint density at radius 3 is 2.64 bits per heavy atom. The van der Waals surface area contributed by atoms with Gasteiger partial charge in [0, 0.05) is 0 Å². The molecule has 1 rings (SSSR count). The molecule has 0 aromatic heterocycles. The van der Waals surface area contributed by atoms with Crippen molar-refractivity contribution in [3.8, 4) is 17.9 Å². The van der Waals surface area contributed by atoms with Gasteiger partial charge in [-0.1, -0.05) is 6.07 Å². The van der Waals surface area contributed by atoms with Gasteiger partial charge in [-0.05, 0) is 17.7 Å². The molecule has 4 heteroatoms. The van der Waals surface area contributed by atoms with Crippen LogP contribution in [-0.4, -0.2) is 12.2 Å². The van der Waals surface area contributed by atoms with Crippen LogP contribution in [0.3, 0.4) is 0 Å². The van der Waals surface area contributed by atoms with Gasteiger partial charge in [0.15, 0.2) is 6.10 Å². The van der Waals surface area contributed by atoms with Crippen LogP contribution < -0.4 is 4.74 Å². The molecule has 0 heterocycles. The third-order valence-corrected chi connectivity index (χ3v) is 1.78. The number of ether oxygens (including phenoxy) is 1. The fourth-order valence-corrected chi connectivity index (χ4v) is 1.06. The first-order valence-corrected chi connectivity index (χ1v) is 3.88. The first-order valence-electron chi connectivity index (χ1n) is 3.88. The third-order valence-electron chi connectivity index (χ3n) is 1.78. The highest BCUT2D eigenvalue weighted by molar-refractivity contribution is 5.46. The molecule has 0 fully saturated rings. The molecule has 1 unspecified atom stereocenters. The maximum Gasteiger partial charge on any atom is 0.165 e. The van der Waals surface area contributed by atoms with Crippen molar-refractivity contribution in [3.05, 3.63) is 29.3 Å². The van der Waals surface area contributed by atoms with Gasteiger partial charge in [-0.15, -0.1) is 0 Å². The molecule has 0 spiro atoms. The summed E-state index contributed by atoms with van der Waals surface area (Å²) >= 11 is 0. The highest BCUT2D eigenvalue weighted by atomic mass is 16.5. The van der Waals surface area contributed by atoms with Crippen LogP contribution in [0.1, 0.15) is 17.2 Å². The van der Waals surface area contributed by atoms with E-state index in [-0.39, 0.29) is 0 Å². The van der Waals surface area contributed by atoms with Crippen LogP contribution in [0, 0.1) is 22.7 Å². The highest BCUT2D eigenvalue weighted by Gasteiger charge is 2.09. The van der Waals surface area contributed by atoms with E-state index in [2.05, 4.69) is 0 Å². The van der Waals surface area contributed by atoms with Crippen molar-refractivity contribution in [1.29, 1.82) is 10.5 Å². The van der Waals surface area contributed by atoms with E-state index in [1.165, 1.54) is 13.2 Å². The summed E-state index contributed by atoms with van der Waals surface area (Å²) in [5.41, 5.74) is 0.698. The number of nitrogens with zero attached hydrogens (tertiary/aromatic N) is 2. The maximum absolute atomic E-state index is 9.20. The summed E-state index contributed by atoms with van der Waals surface area (Å²) in [6, 6.07) is 8.13. The van der Waals surface area contributed by atoms with Gasteiger partial charge in [0.05, 0.1) is 18.7 Å². The van der Waals surface area contributed by atoms with E-state index in [9.17, 15) is 5.11 Å². The van der Waals surface area contributed by atoms with Gasteiger partial charge in [0.2, 0.25) is 0 Å². The van der Waals surface area contributed by atoms with Crippen molar-refractivity contribution in [2.45, 2.75) is 6.10 Å². The lowest BCUT2D eigenvalue weighted by Gasteiger charge is -2.05. The van der Waals surface area contributed by atoms with Crippen LogP contribution in [0.25, 0.3) is 0 Å². The van der Waals surface area contributed by atoms with E-state index in [4.69, 9.17) is 15.3 Å². The second-order valence-electron chi connectivity index (χ2n) is 2.60. The molecule has 0 aliphatic heterocycles. The fourth-order valence-electron chi connectivity index (χ4n) is 1.06. The number of aliphatic hydroxyl groups is 1. The van der Waals surface area contributed by atoms with Gasteiger partial charge >= 0.3 is 0 Å². The third kappa shape index (κ3) is 1.82. The number of hydrogen-bond acceptors (Lipinski definition) is 4. The number of methoxy groups -OCH3 is 1. The van der Waals surface area contributed by atoms with Gasteiger partial charge in [-0.2, -0.15) is 10.5 Å². The smallest absolute Gasteiger partial charge is 0.165 e. The minimum Gasteiger partial charge on any atom is -0.495 e. The lowest BCUT2D eigenvalue weighted by Crippen LogP contribution is -1.95. The fraction of sp³-hybridized carbons (Fsp3) is 0.200. The molecule has 4 nitrogen and oxygen atoms in total. The average molecular weight is 188 g/mol. The van der Waals surface area contributed by atoms with Crippen molar-refractivity contribution in [2.75, 3.05) is 7.11 Å². The molecule has 0 saturated carbocycles. The van der Waals surface area contributed by atoms with Gasteiger partial charge in [-0.3, -0.25) is 0 Å². The van der Waals surface area contributed by atoms with Gasteiger partial charge in [0.25, 0.3) is 0 Å². The molecule has 0 amide bonds. The summed E-state index contributed by atoms with van der Waals surface area (Å²) in [5.74, 6) is 0.432. The second kappa shape index (κ2) is 4.27. The van der Waals surface area contributed by atoms with Crippen LogP contribution in [-0.2, 0) is 0 Å². The molecule has 0 bridgehead atoms.